The molecule has 1 unspecified atom stereocenters. The van der Waals surface area contributed by atoms with Gasteiger partial charge in [-0.25, -0.2) is 4.98 Å². The number of alkyl halides is 6. The van der Waals surface area contributed by atoms with Crippen LogP contribution in [0.25, 0.3) is 0 Å². The number of nitrogens with one attached hydrogen (secondary N) is 2. The third-order valence-corrected chi connectivity index (χ3v) is 6.35. The summed E-state index contributed by atoms with van der Waals surface area (Å²) in [6.45, 7) is 2.54. The van der Waals surface area contributed by atoms with Crippen molar-refractivity contribution in [1.82, 2.24) is 15.2 Å². The van der Waals surface area contributed by atoms with Gasteiger partial charge < -0.3 is 15.3 Å². The van der Waals surface area contributed by atoms with E-state index in [-0.39, 0.29) is 17.4 Å². The molecule has 0 radical (unpaired) electrons. The Morgan fingerprint density at radius 2 is 1.97 bits per heavy atom. The standard InChI is InChI=1S/C20H21F6N5O2/c1-10(16-15-17(30-29-16)28-14(32)7-18(15,33)20(24,25)26)11-3-2-6-31(9-11)13-5-4-12(8-27-13)19(21,22)23/h4-5,8,10-11,33H,2-3,6-7,9H2,1H3,(H2,28,29,30,32)/t10-,11-,18?/m0/s1. The Morgan fingerprint density at radius 3 is 2.58 bits per heavy atom. The lowest BCUT2D eigenvalue weighted by atomic mass is 9.78. The molecule has 0 aliphatic carbocycles. The highest BCUT2D eigenvalue weighted by Gasteiger charge is 2.61. The van der Waals surface area contributed by atoms with Gasteiger partial charge in [-0.1, -0.05) is 6.92 Å². The lowest BCUT2D eigenvalue weighted by Crippen LogP contribution is -2.49. The van der Waals surface area contributed by atoms with Crippen molar-refractivity contribution in [2.24, 2.45) is 5.92 Å². The molecule has 33 heavy (non-hydrogen) atoms. The Kier molecular flexibility index (Phi) is 5.58. The number of piperidine rings is 1. The fourth-order valence-electron chi connectivity index (χ4n) is 4.53. The van der Waals surface area contributed by atoms with Gasteiger partial charge in [0.1, 0.15) is 11.6 Å². The van der Waals surface area contributed by atoms with Crippen LogP contribution >= 0.6 is 0 Å². The van der Waals surface area contributed by atoms with Crippen molar-refractivity contribution in [2.45, 2.75) is 50.1 Å². The molecule has 2 aliphatic heterocycles. The van der Waals surface area contributed by atoms with E-state index >= 15 is 0 Å². The minimum Gasteiger partial charge on any atom is -0.376 e. The number of amides is 1. The molecular weight excluding hydrogens is 456 g/mol. The molecule has 2 aromatic rings. The van der Waals surface area contributed by atoms with Gasteiger partial charge in [0, 0.05) is 25.2 Å². The number of aliphatic hydroxyl groups is 1. The van der Waals surface area contributed by atoms with Crippen molar-refractivity contribution in [2.75, 3.05) is 23.3 Å². The summed E-state index contributed by atoms with van der Waals surface area (Å²) in [5, 5.41) is 19.2. The van der Waals surface area contributed by atoms with E-state index < -0.39 is 47.3 Å². The highest BCUT2D eigenvalue weighted by atomic mass is 19.4. The number of carbonyl (C=O) groups is 1. The number of H-pyrrole nitrogens is 1. The van der Waals surface area contributed by atoms with Crippen LogP contribution in [0.15, 0.2) is 18.3 Å². The molecule has 2 aliphatic rings. The van der Waals surface area contributed by atoms with Gasteiger partial charge in [-0.05, 0) is 30.9 Å². The number of carbonyl (C=O) groups excluding carboxylic acids is 1. The lowest BCUT2D eigenvalue weighted by molar-refractivity contribution is -0.267. The second-order valence-corrected chi connectivity index (χ2v) is 8.48. The van der Waals surface area contributed by atoms with Crippen molar-refractivity contribution in [3.05, 3.63) is 35.2 Å². The smallest absolute Gasteiger partial charge is 0.376 e. The zero-order chi connectivity index (χ0) is 24.2. The number of hydrogen-bond acceptors (Lipinski definition) is 5. The van der Waals surface area contributed by atoms with E-state index in [1.54, 1.807) is 11.8 Å². The second-order valence-electron chi connectivity index (χ2n) is 8.48. The van der Waals surface area contributed by atoms with Crippen molar-refractivity contribution in [1.29, 1.82) is 0 Å². The van der Waals surface area contributed by atoms with E-state index in [1.165, 1.54) is 6.07 Å². The maximum Gasteiger partial charge on any atom is 0.422 e. The molecule has 1 fully saturated rings. The minimum absolute atomic E-state index is 0.00273. The van der Waals surface area contributed by atoms with E-state index in [0.717, 1.165) is 12.3 Å². The first kappa shape index (κ1) is 23.3. The fraction of sp³-hybridized carbons (Fsp3) is 0.550. The van der Waals surface area contributed by atoms with Gasteiger partial charge in [0.2, 0.25) is 5.91 Å². The maximum atomic E-state index is 13.8. The average Bonchev–Trinajstić information content (AvgIpc) is 3.16. The van der Waals surface area contributed by atoms with Crippen LogP contribution in [0.2, 0.25) is 0 Å². The molecule has 0 saturated carbocycles. The Morgan fingerprint density at radius 1 is 1.24 bits per heavy atom. The van der Waals surface area contributed by atoms with E-state index in [4.69, 9.17) is 0 Å². The Bertz CT molecular complexity index is 1040. The number of aromatic amines is 1. The summed E-state index contributed by atoms with van der Waals surface area (Å²) in [5.41, 5.74) is -4.74. The highest BCUT2D eigenvalue weighted by Crippen LogP contribution is 2.50. The summed E-state index contributed by atoms with van der Waals surface area (Å²) in [6.07, 6.45) is -8.75. The summed E-state index contributed by atoms with van der Waals surface area (Å²) in [6, 6.07) is 2.20. The van der Waals surface area contributed by atoms with Crippen LogP contribution in [0.4, 0.5) is 38.0 Å². The van der Waals surface area contributed by atoms with E-state index in [9.17, 15) is 36.2 Å². The molecule has 4 heterocycles. The molecular formula is C20H21F6N5O2. The lowest BCUT2D eigenvalue weighted by Gasteiger charge is -2.38. The molecule has 13 heteroatoms. The summed E-state index contributed by atoms with van der Waals surface area (Å²) in [7, 11) is 0. The fourth-order valence-corrected chi connectivity index (χ4v) is 4.53. The van der Waals surface area contributed by atoms with Crippen molar-refractivity contribution < 1.29 is 36.2 Å². The van der Waals surface area contributed by atoms with E-state index in [1.807, 2.05) is 0 Å². The monoisotopic (exact) mass is 477 g/mol. The average molecular weight is 477 g/mol. The van der Waals surface area contributed by atoms with E-state index in [2.05, 4.69) is 20.5 Å². The van der Waals surface area contributed by atoms with Crippen LogP contribution in [-0.4, -0.2) is 45.5 Å². The Labute approximate surface area is 184 Å². The van der Waals surface area contributed by atoms with Crippen molar-refractivity contribution in [3.63, 3.8) is 0 Å². The molecule has 0 bridgehead atoms. The highest BCUT2D eigenvalue weighted by molar-refractivity contribution is 5.94. The summed E-state index contributed by atoms with van der Waals surface area (Å²) < 4.78 is 79.7. The third-order valence-electron chi connectivity index (χ3n) is 6.35. The first-order valence-electron chi connectivity index (χ1n) is 10.3. The molecule has 4 rings (SSSR count). The largest absolute Gasteiger partial charge is 0.422 e. The molecule has 3 atom stereocenters. The predicted octanol–water partition coefficient (Wildman–Crippen LogP) is 3.94. The van der Waals surface area contributed by atoms with Crippen LogP contribution in [0.1, 0.15) is 48.9 Å². The quantitative estimate of drug-likeness (QED) is 0.583. The molecule has 2 aromatic heterocycles. The van der Waals surface area contributed by atoms with Gasteiger partial charge in [0.15, 0.2) is 5.60 Å². The molecule has 0 spiro atoms. The Balaban J connectivity index is 1.60. The molecule has 180 valence electrons. The Hall–Kier alpha value is -2.83. The van der Waals surface area contributed by atoms with Gasteiger partial charge >= 0.3 is 12.4 Å². The van der Waals surface area contributed by atoms with Crippen molar-refractivity contribution >= 4 is 17.5 Å². The van der Waals surface area contributed by atoms with Crippen LogP contribution in [0, 0.1) is 5.92 Å². The number of rotatable bonds is 3. The molecule has 3 N–H and O–H groups in total. The minimum atomic E-state index is -5.10. The van der Waals surface area contributed by atoms with Crippen LogP contribution in [0.5, 0.6) is 0 Å². The number of nitrogens with zero attached hydrogens (tertiary/aromatic N) is 3. The first-order chi connectivity index (χ1) is 15.3. The SMILES string of the molecule is C[C@H](c1n[nH]c2c1C(O)(C(F)(F)F)CC(=O)N2)[C@H]1CCCN(c2ccc(C(F)(F)F)cn2)C1. The first-order valence-corrected chi connectivity index (χ1v) is 10.3. The number of halogens is 6. The van der Waals surface area contributed by atoms with E-state index in [0.29, 0.717) is 31.7 Å². The third kappa shape index (κ3) is 4.13. The molecule has 1 saturated heterocycles. The van der Waals surface area contributed by atoms with Crippen molar-refractivity contribution in [3.8, 4) is 0 Å². The number of pyridine rings is 1. The van der Waals surface area contributed by atoms with Gasteiger partial charge in [0.25, 0.3) is 0 Å². The predicted molar refractivity (Wildman–Crippen MR) is 104 cm³/mol. The van der Waals surface area contributed by atoms with Crippen LogP contribution < -0.4 is 10.2 Å². The summed E-state index contributed by atoms with van der Waals surface area (Å²) >= 11 is 0. The summed E-state index contributed by atoms with van der Waals surface area (Å²) in [4.78, 5) is 17.4. The normalized spacial score (nSPS) is 24.9. The topological polar surface area (TPSA) is 94.1 Å². The van der Waals surface area contributed by atoms with Gasteiger partial charge in [-0.3, -0.25) is 9.89 Å². The zero-order valence-corrected chi connectivity index (χ0v) is 17.4. The second kappa shape index (κ2) is 7.89. The van der Waals surface area contributed by atoms with Gasteiger partial charge in [-0.2, -0.15) is 31.4 Å². The van der Waals surface area contributed by atoms with Crippen LogP contribution in [0.3, 0.4) is 0 Å². The van der Waals surface area contributed by atoms with Gasteiger partial charge in [0.05, 0.1) is 23.2 Å². The molecule has 7 nitrogen and oxygen atoms in total. The zero-order valence-electron chi connectivity index (χ0n) is 17.4. The number of hydrogen-bond donors (Lipinski definition) is 3. The van der Waals surface area contributed by atoms with Crippen LogP contribution in [-0.2, 0) is 16.6 Å². The number of aromatic nitrogens is 3. The number of anilines is 2. The van der Waals surface area contributed by atoms with Gasteiger partial charge in [-0.15, -0.1) is 0 Å². The summed E-state index contributed by atoms with van der Waals surface area (Å²) in [5.74, 6) is -1.70. The maximum absolute atomic E-state index is 13.8. The number of fused-ring (bicyclic) bond motifs is 1. The molecule has 1 amide bonds. The molecule has 0 aromatic carbocycles.